The summed E-state index contributed by atoms with van der Waals surface area (Å²) in [5.74, 6) is -0.000363. The SMILES string of the molecule is O=C1C=CC=C/C1=C/NCCN/C=C1/C=CC=CC1=O.[CH2-]CCC.[Co]. The Hall–Kier alpha value is -2.11. The normalized spacial score (nSPS) is 18.0. The summed E-state index contributed by atoms with van der Waals surface area (Å²) >= 11 is 0. The largest absolute Gasteiger partial charge is 0.389 e. The zero-order valence-electron chi connectivity index (χ0n) is 14.5. The van der Waals surface area contributed by atoms with Crippen molar-refractivity contribution in [3.63, 3.8) is 0 Å². The van der Waals surface area contributed by atoms with Crippen molar-refractivity contribution in [2.75, 3.05) is 13.1 Å². The van der Waals surface area contributed by atoms with Gasteiger partial charge in [0.15, 0.2) is 11.6 Å². The predicted octanol–water partition coefficient (Wildman–Crippen LogP) is 2.94. The molecule has 0 spiro atoms. The number of allylic oxidation sites excluding steroid dienone is 10. The summed E-state index contributed by atoms with van der Waals surface area (Å²) in [5, 5.41) is 6.12. The topological polar surface area (TPSA) is 58.2 Å². The standard InChI is InChI=1S/C16H16N2O2.C4H9.Co/c19-15-7-3-1-5-13(15)11-17-9-10-18-12-14-6-2-4-8-16(14)20;1-3-4-2;/h1-8,11-12,17-18H,9-10H2;1,3-4H2,2H3;/q;-1;/b13-11-,14-12-;;. The van der Waals surface area contributed by atoms with E-state index >= 15 is 0 Å². The first-order chi connectivity index (χ1) is 11.7. The third-order valence-corrected chi connectivity index (χ3v) is 3.12. The van der Waals surface area contributed by atoms with Gasteiger partial charge in [0.1, 0.15) is 0 Å². The quantitative estimate of drug-likeness (QED) is 0.420. The second-order valence-electron chi connectivity index (χ2n) is 5.13. The summed E-state index contributed by atoms with van der Waals surface area (Å²) in [6.45, 7) is 7.04. The smallest absolute Gasteiger partial charge is 0.187 e. The summed E-state index contributed by atoms with van der Waals surface area (Å²) in [6.07, 6.45) is 19.4. The second kappa shape index (κ2) is 14.2. The van der Waals surface area contributed by atoms with E-state index < -0.39 is 0 Å². The maximum absolute atomic E-state index is 11.4. The molecule has 0 saturated heterocycles. The molecule has 0 unspecified atom stereocenters. The fourth-order valence-electron chi connectivity index (χ4n) is 1.71. The average molecular weight is 384 g/mol. The molecular weight excluding hydrogens is 359 g/mol. The van der Waals surface area contributed by atoms with Crippen molar-refractivity contribution in [1.82, 2.24) is 10.6 Å². The molecule has 0 heterocycles. The van der Waals surface area contributed by atoms with E-state index in [0.29, 0.717) is 24.2 Å². The van der Waals surface area contributed by atoms with Crippen LogP contribution in [0.1, 0.15) is 19.8 Å². The molecule has 2 aliphatic rings. The van der Waals surface area contributed by atoms with Crippen LogP contribution in [-0.4, -0.2) is 24.7 Å². The number of hydrogen-bond acceptors (Lipinski definition) is 4. The Balaban J connectivity index is 0.00000104. The Morgan fingerprint density at radius 1 is 0.840 bits per heavy atom. The maximum Gasteiger partial charge on any atom is 0.187 e. The van der Waals surface area contributed by atoms with Gasteiger partial charge < -0.3 is 17.6 Å². The van der Waals surface area contributed by atoms with Gasteiger partial charge in [0.25, 0.3) is 0 Å². The van der Waals surface area contributed by atoms with Crippen molar-refractivity contribution in [3.05, 3.63) is 79.1 Å². The molecule has 25 heavy (non-hydrogen) atoms. The van der Waals surface area contributed by atoms with Gasteiger partial charge in [0.05, 0.1) is 0 Å². The van der Waals surface area contributed by atoms with E-state index in [1.165, 1.54) is 18.6 Å². The Morgan fingerprint density at radius 3 is 1.52 bits per heavy atom. The average Bonchev–Trinajstić information content (AvgIpc) is 2.61. The number of hydrogen-bond donors (Lipinski definition) is 2. The van der Waals surface area contributed by atoms with E-state index in [-0.39, 0.29) is 28.3 Å². The van der Waals surface area contributed by atoms with Gasteiger partial charge in [-0.2, -0.15) is 6.42 Å². The number of rotatable bonds is 6. The van der Waals surface area contributed by atoms with E-state index in [9.17, 15) is 9.59 Å². The van der Waals surface area contributed by atoms with E-state index in [1.54, 1.807) is 36.7 Å². The molecule has 0 aromatic heterocycles. The van der Waals surface area contributed by atoms with E-state index in [0.717, 1.165) is 6.42 Å². The van der Waals surface area contributed by atoms with Crippen LogP contribution in [0.5, 0.6) is 0 Å². The number of ketones is 2. The van der Waals surface area contributed by atoms with Crippen LogP contribution >= 0.6 is 0 Å². The van der Waals surface area contributed by atoms with Crippen LogP contribution in [0, 0.1) is 6.92 Å². The maximum atomic E-state index is 11.4. The first kappa shape index (κ1) is 22.9. The minimum absolute atomic E-state index is 0. The summed E-state index contributed by atoms with van der Waals surface area (Å²) in [7, 11) is 0. The minimum Gasteiger partial charge on any atom is -0.389 e. The van der Waals surface area contributed by atoms with Gasteiger partial charge in [-0.25, -0.2) is 0 Å². The Morgan fingerprint density at radius 2 is 1.20 bits per heavy atom. The molecule has 0 fully saturated rings. The van der Waals surface area contributed by atoms with Crippen LogP contribution in [0.4, 0.5) is 0 Å². The molecule has 0 amide bonds. The van der Waals surface area contributed by atoms with Gasteiger partial charge in [0.2, 0.25) is 0 Å². The van der Waals surface area contributed by atoms with Gasteiger partial charge in [-0.3, -0.25) is 9.59 Å². The van der Waals surface area contributed by atoms with E-state index in [1.807, 2.05) is 12.2 Å². The molecule has 0 aliphatic heterocycles. The van der Waals surface area contributed by atoms with Crippen LogP contribution in [0.2, 0.25) is 0 Å². The molecule has 2 rings (SSSR count). The van der Waals surface area contributed by atoms with Crippen molar-refractivity contribution in [3.8, 4) is 0 Å². The molecule has 2 N–H and O–H groups in total. The third-order valence-electron chi connectivity index (χ3n) is 3.12. The molecule has 0 aromatic rings. The Bertz CT molecular complexity index is 557. The molecule has 2 aliphatic carbocycles. The third kappa shape index (κ3) is 9.69. The van der Waals surface area contributed by atoms with Crippen molar-refractivity contribution < 1.29 is 26.4 Å². The molecule has 4 nitrogen and oxygen atoms in total. The van der Waals surface area contributed by atoms with Crippen molar-refractivity contribution in [1.29, 1.82) is 0 Å². The molecule has 5 heteroatoms. The monoisotopic (exact) mass is 384 g/mol. The van der Waals surface area contributed by atoms with Gasteiger partial charge in [-0.15, -0.1) is 0 Å². The zero-order chi connectivity index (χ0) is 17.6. The second-order valence-corrected chi connectivity index (χ2v) is 5.13. The molecule has 0 bridgehead atoms. The fourth-order valence-corrected chi connectivity index (χ4v) is 1.71. The van der Waals surface area contributed by atoms with E-state index in [4.69, 9.17) is 0 Å². The van der Waals surface area contributed by atoms with Gasteiger partial charge >= 0.3 is 0 Å². The predicted molar refractivity (Wildman–Crippen MR) is 99.0 cm³/mol. The van der Waals surface area contributed by atoms with Crippen molar-refractivity contribution >= 4 is 11.6 Å². The van der Waals surface area contributed by atoms with Crippen molar-refractivity contribution in [2.24, 2.45) is 0 Å². The van der Waals surface area contributed by atoms with Crippen LogP contribution in [0.25, 0.3) is 0 Å². The van der Waals surface area contributed by atoms with Crippen LogP contribution in [-0.2, 0) is 26.4 Å². The van der Waals surface area contributed by atoms with Crippen molar-refractivity contribution in [2.45, 2.75) is 19.8 Å². The molecule has 137 valence electrons. The van der Waals surface area contributed by atoms with Gasteiger partial charge in [0, 0.05) is 53.4 Å². The molecule has 0 saturated carbocycles. The van der Waals surface area contributed by atoms with E-state index in [2.05, 4.69) is 24.5 Å². The fraction of sp³-hybridized carbons (Fsp3) is 0.250. The Labute approximate surface area is 160 Å². The summed E-state index contributed by atoms with van der Waals surface area (Å²) in [4.78, 5) is 22.9. The van der Waals surface area contributed by atoms with Crippen LogP contribution in [0.3, 0.4) is 0 Å². The number of carbonyl (C=O) groups excluding carboxylic acids is 2. The first-order valence-electron chi connectivity index (χ1n) is 8.13. The minimum atomic E-state index is -0.000182. The van der Waals surface area contributed by atoms with Crippen LogP contribution in [0.15, 0.2) is 72.2 Å². The van der Waals surface area contributed by atoms with Crippen LogP contribution < -0.4 is 10.6 Å². The molecular formula is C20H25CoN2O2-. The van der Waals surface area contributed by atoms with Gasteiger partial charge in [-0.1, -0.05) is 37.6 Å². The number of unbranched alkanes of at least 4 members (excludes halogenated alkanes) is 1. The summed E-state index contributed by atoms with van der Waals surface area (Å²) in [5.41, 5.74) is 1.28. The Kier molecular flexibility index (Phi) is 13.0. The molecule has 1 radical (unpaired) electrons. The van der Waals surface area contributed by atoms with Gasteiger partial charge in [-0.05, 0) is 24.3 Å². The zero-order valence-corrected chi connectivity index (χ0v) is 15.5. The summed E-state index contributed by atoms with van der Waals surface area (Å²) in [6, 6.07) is 0. The molecule has 0 atom stereocenters. The molecule has 0 aromatic carbocycles. The number of carbonyl (C=O) groups is 2. The summed E-state index contributed by atoms with van der Waals surface area (Å²) < 4.78 is 0. The number of nitrogens with one attached hydrogen (secondary N) is 2. The first-order valence-corrected chi connectivity index (χ1v) is 8.13.